The third kappa shape index (κ3) is 127. The molecule has 6 heteroatoms. The molecular formula is C74H166O6. The molecule has 1 aromatic carbocycles. The van der Waals surface area contributed by atoms with E-state index in [9.17, 15) is 4.79 Å². The van der Waals surface area contributed by atoms with E-state index in [0.717, 1.165) is 81.7 Å². The second-order valence-electron chi connectivity index (χ2n) is 20.4. The molecule has 2 unspecified atom stereocenters. The number of rotatable bonds is 28. The highest BCUT2D eigenvalue weighted by atomic mass is 16.6. The van der Waals surface area contributed by atoms with Crippen molar-refractivity contribution in [1.29, 1.82) is 0 Å². The van der Waals surface area contributed by atoms with Gasteiger partial charge in [0, 0.05) is 19.3 Å². The molecule has 498 valence electrons. The van der Waals surface area contributed by atoms with Gasteiger partial charge in [0.2, 0.25) is 0 Å². The fourth-order valence-corrected chi connectivity index (χ4v) is 5.21. The maximum absolute atomic E-state index is 10.5. The van der Waals surface area contributed by atoms with E-state index >= 15 is 0 Å². The van der Waals surface area contributed by atoms with Crippen LogP contribution in [-0.2, 0) is 28.5 Å². The van der Waals surface area contributed by atoms with Crippen molar-refractivity contribution in [2.24, 2.45) is 35.5 Å². The summed E-state index contributed by atoms with van der Waals surface area (Å²) < 4.78 is 25.6. The minimum Gasteiger partial charge on any atom is -0.463 e. The SMILES string of the molecule is C.C.C.C.C.C.C.C.C.C.C.C.C.C.C=C(C)COCCCC(C)C.C=CC(=O)OCCCC(C)C.C=CC(C)C.C=CCCCC(C)C.C=Cc1ccc(C(C)C)cc1.CC(C)CCCC1CO1.CC(C)CCCOCC1CO1. The first-order chi connectivity index (χ1) is 31.1. The molecule has 1 aromatic rings. The van der Waals surface area contributed by atoms with Crippen LogP contribution in [0.25, 0.3) is 6.08 Å². The predicted molar refractivity (Wildman–Crippen MR) is 387 cm³/mol. The molecule has 2 fully saturated rings. The Hall–Kier alpha value is -2.77. The van der Waals surface area contributed by atoms with Crippen molar-refractivity contribution in [3.63, 3.8) is 0 Å². The van der Waals surface area contributed by atoms with Crippen molar-refractivity contribution >= 4 is 12.0 Å². The van der Waals surface area contributed by atoms with Crippen LogP contribution in [-0.4, -0.2) is 64.4 Å². The summed E-state index contributed by atoms with van der Waals surface area (Å²) in [5, 5.41) is 0. The third-order valence-electron chi connectivity index (χ3n) is 9.74. The summed E-state index contributed by atoms with van der Waals surface area (Å²) in [6.07, 6.45) is 22.8. The summed E-state index contributed by atoms with van der Waals surface area (Å²) in [5.74, 6) is 4.94. The monoisotopic (exact) mass is 1150 g/mol. The summed E-state index contributed by atoms with van der Waals surface area (Å²) in [4.78, 5) is 10.5. The Morgan fingerprint density at radius 3 is 1.19 bits per heavy atom. The molecule has 2 heterocycles. The van der Waals surface area contributed by atoms with Crippen molar-refractivity contribution in [2.45, 2.75) is 303 Å². The van der Waals surface area contributed by atoms with Crippen LogP contribution < -0.4 is 0 Å². The van der Waals surface area contributed by atoms with E-state index in [-0.39, 0.29) is 110 Å². The van der Waals surface area contributed by atoms with Crippen LogP contribution in [0.15, 0.2) is 81.0 Å². The molecule has 2 atom stereocenters. The summed E-state index contributed by atoms with van der Waals surface area (Å²) in [6.45, 7) is 56.6. The fraction of sp³-hybridized carbons (Fsp3) is 0.770. The summed E-state index contributed by atoms with van der Waals surface area (Å²) in [7, 11) is 0. The minimum absolute atomic E-state index is 0. The quantitative estimate of drug-likeness (QED) is 0.0274. The molecule has 80 heavy (non-hydrogen) atoms. The van der Waals surface area contributed by atoms with Gasteiger partial charge in [-0.2, -0.15) is 0 Å². The Kier molecular flexibility index (Phi) is 148. The number of epoxide rings is 2. The molecule has 0 aromatic heterocycles. The van der Waals surface area contributed by atoms with Gasteiger partial charge in [-0.15, -0.1) is 13.2 Å². The van der Waals surface area contributed by atoms with Gasteiger partial charge in [-0.25, -0.2) is 4.79 Å². The number of ether oxygens (including phenoxy) is 5. The van der Waals surface area contributed by atoms with Gasteiger partial charge in [0.05, 0.1) is 39.1 Å². The Labute approximate surface area is 515 Å². The molecule has 6 nitrogen and oxygen atoms in total. The predicted octanol–water partition coefficient (Wildman–Crippen LogP) is 26.4. The van der Waals surface area contributed by atoms with Gasteiger partial charge in [-0.1, -0.05) is 288 Å². The largest absolute Gasteiger partial charge is 0.463 e. The van der Waals surface area contributed by atoms with Gasteiger partial charge in [-0.3, -0.25) is 0 Å². The van der Waals surface area contributed by atoms with Crippen LogP contribution in [0.1, 0.15) is 302 Å². The van der Waals surface area contributed by atoms with E-state index in [1.807, 2.05) is 25.2 Å². The number of hydrogen-bond acceptors (Lipinski definition) is 6. The second kappa shape index (κ2) is 92.7. The van der Waals surface area contributed by atoms with Crippen LogP contribution in [0, 0.1) is 35.5 Å². The smallest absolute Gasteiger partial charge is 0.330 e. The maximum atomic E-state index is 10.5. The summed E-state index contributed by atoms with van der Waals surface area (Å²) in [6, 6.07) is 8.51. The molecule has 0 spiro atoms. The number of hydrogen-bond donors (Lipinski definition) is 0. The summed E-state index contributed by atoms with van der Waals surface area (Å²) in [5.41, 5.74) is 3.68. The van der Waals surface area contributed by atoms with E-state index < -0.39 is 0 Å². The molecule has 0 aliphatic carbocycles. The lowest BCUT2D eigenvalue weighted by Gasteiger charge is -2.05. The minimum atomic E-state index is -0.325. The molecule has 2 aliphatic heterocycles. The molecule has 0 radical (unpaired) electrons. The lowest BCUT2D eigenvalue weighted by Crippen LogP contribution is -2.03. The zero-order valence-corrected chi connectivity index (χ0v) is 46.2. The molecule has 3 rings (SSSR count). The van der Waals surface area contributed by atoms with Crippen molar-refractivity contribution in [3.05, 3.63) is 92.1 Å². The van der Waals surface area contributed by atoms with Gasteiger partial charge in [0.1, 0.15) is 6.10 Å². The lowest BCUT2D eigenvalue weighted by atomic mass is 10.0. The molecular weight excluding hydrogens is 985 g/mol. The topological polar surface area (TPSA) is 69.8 Å². The first kappa shape index (κ1) is 128. The molecule has 0 amide bonds. The Morgan fingerprint density at radius 1 is 0.537 bits per heavy atom. The van der Waals surface area contributed by atoms with Gasteiger partial charge in [0.15, 0.2) is 0 Å². The standard InChI is InChI=1S/C11H14.C10H20O.C9H18O2.C9H16O2.C8H16O.C8H16.C5H10.14CH4/c1-4-10-5-7-11(8-6-10)9(2)3;1-9(2)6-5-7-11-8-10(3)4;1-8(2)4-3-5-10-6-9-7-11-9;1-4-9(10)11-7-5-6-8(2)3;1-7(2)4-3-5-8-6-9-8;1-4-5-6-7-8(2)3;1-4-5(2)3;;;;;;;;;;;;;;/h4-9H,1H2,2-3H3;9H,3,5-8H2,1-2,4H3;8-9H,3-7H2,1-2H3;4,8H,1,5-7H2,2-3H3;7-8H,3-6H2,1-2H3;4,8H,1,5-7H2,2-3H3;4-5H,1H2,2-3H3;14*1H4. The normalized spacial score (nSPS) is 11.6. The number of carbonyl (C=O) groups excluding carboxylic acids is 1. The molecule has 0 bridgehead atoms. The van der Waals surface area contributed by atoms with Gasteiger partial charge >= 0.3 is 5.97 Å². The van der Waals surface area contributed by atoms with Crippen molar-refractivity contribution in [1.82, 2.24) is 0 Å². The molecule has 2 aliphatic rings. The van der Waals surface area contributed by atoms with Crippen LogP contribution in [0.3, 0.4) is 0 Å². The highest BCUT2D eigenvalue weighted by molar-refractivity contribution is 5.81. The number of benzene rings is 1. The highest BCUT2D eigenvalue weighted by Gasteiger charge is 2.22. The highest BCUT2D eigenvalue weighted by Crippen LogP contribution is 2.18. The Bertz CT molecular complexity index is 1230. The average molecular weight is 1150 g/mol. The fourth-order valence-electron chi connectivity index (χ4n) is 5.21. The average Bonchev–Trinajstić information content (AvgIpc) is 4.20. The van der Waals surface area contributed by atoms with Crippen molar-refractivity contribution < 1.29 is 28.5 Å². The lowest BCUT2D eigenvalue weighted by molar-refractivity contribution is -0.137. The first-order valence-electron chi connectivity index (χ1n) is 25.9. The zero-order chi connectivity index (χ0) is 51.1. The first-order valence-corrected chi connectivity index (χ1v) is 25.9. The van der Waals surface area contributed by atoms with Crippen LogP contribution >= 0.6 is 0 Å². The maximum Gasteiger partial charge on any atom is 0.330 e. The molecule has 0 N–H and O–H groups in total. The van der Waals surface area contributed by atoms with Crippen LogP contribution in [0.2, 0.25) is 0 Å². The third-order valence-corrected chi connectivity index (χ3v) is 9.74. The van der Waals surface area contributed by atoms with Gasteiger partial charge in [0.25, 0.3) is 0 Å². The van der Waals surface area contributed by atoms with E-state index in [0.29, 0.717) is 36.6 Å². The van der Waals surface area contributed by atoms with Crippen molar-refractivity contribution in [3.8, 4) is 0 Å². The summed E-state index contributed by atoms with van der Waals surface area (Å²) >= 11 is 0. The number of esters is 1. The van der Waals surface area contributed by atoms with Crippen LogP contribution in [0.5, 0.6) is 0 Å². The van der Waals surface area contributed by atoms with E-state index in [4.69, 9.17) is 23.7 Å². The Balaban J connectivity index is -0.0000000343. The van der Waals surface area contributed by atoms with E-state index in [2.05, 4.69) is 154 Å². The molecule has 0 saturated carbocycles. The van der Waals surface area contributed by atoms with Crippen molar-refractivity contribution in [2.75, 3.05) is 46.2 Å². The molecule has 2 saturated heterocycles. The van der Waals surface area contributed by atoms with Crippen LogP contribution in [0.4, 0.5) is 0 Å². The van der Waals surface area contributed by atoms with Gasteiger partial charge in [-0.05, 0) is 117 Å². The number of carbonyl (C=O) groups is 1. The Morgan fingerprint density at radius 2 is 0.887 bits per heavy atom. The zero-order valence-electron chi connectivity index (χ0n) is 46.2. The van der Waals surface area contributed by atoms with Gasteiger partial charge < -0.3 is 23.7 Å². The number of allylic oxidation sites excluding steroid dienone is 2. The second-order valence-corrected chi connectivity index (χ2v) is 20.4. The van der Waals surface area contributed by atoms with E-state index in [1.165, 1.54) is 81.4 Å². The van der Waals surface area contributed by atoms with E-state index in [1.54, 1.807) is 0 Å². The number of unbranched alkanes of at least 4 members (excludes halogenated alkanes) is 1.